The number of nitrogens with zero attached hydrogens (tertiary/aromatic N) is 3. The van der Waals surface area contributed by atoms with Crippen LogP contribution >= 0.6 is 0 Å². The molecule has 27 heavy (non-hydrogen) atoms. The van der Waals surface area contributed by atoms with Gasteiger partial charge in [0.25, 0.3) is 5.91 Å². The Balaban J connectivity index is 1.50. The maximum absolute atomic E-state index is 12.4. The lowest BCUT2D eigenvalue weighted by atomic mass is 10.1. The summed E-state index contributed by atoms with van der Waals surface area (Å²) >= 11 is 0. The van der Waals surface area contributed by atoms with Crippen LogP contribution in [-0.4, -0.2) is 59.5 Å². The third kappa shape index (κ3) is 5.27. The van der Waals surface area contributed by atoms with Crippen LogP contribution in [0.3, 0.4) is 0 Å². The maximum atomic E-state index is 12.4. The number of carbonyl (C=O) groups is 1. The van der Waals surface area contributed by atoms with E-state index in [0.717, 1.165) is 31.4 Å². The van der Waals surface area contributed by atoms with E-state index in [1.165, 1.54) is 10.9 Å². The minimum Gasteiger partial charge on any atom is -0.361 e. The predicted octanol–water partition coefficient (Wildman–Crippen LogP) is 2.29. The molecule has 2 aromatic heterocycles. The fraction of sp³-hybridized carbons (Fsp3) is 0.350. The highest BCUT2D eigenvalue weighted by Gasteiger charge is 2.09. The van der Waals surface area contributed by atoms with Crippen LogP contribution in [0, 0.1) is 0 Å². The molecular weight excluding hydrogens is 340 g/mol. The molecule has 0 atom stereocenters. The number of anilines is 1. The minimum atomic E-state index is -0.186. The second kappa shape index (κ2) is 9.14. The lowest BCUT2D eigenvalue weighted by Gasteiger charge is -2.10. The van der Waals surface area contributed by atoms with Gasteiger partial charge in [0.1, 0.15) is 5.69 Å². The van der Waals surface area contributed by atoms with Gasteiger partial charge < -0.3 is 20.5 Å². The summed E-state index contributed by atoms with van der Waals surface area (Å²) in [6.07, 6.45) is 5.35. The number of rotatable bonds is 9. The van der Waals surface area contributed by atoms with Crippen molar-refractivity contribution in [1.29, 1.82) is 0 Å². The van der Waals surface area contributed by atoms with Crippen molar-refractivity contribution in [3.05, 3.63) is 54.0 Å². The Morgan fingerprint density at radius 2 is 2.04 bits per heavy atom. The van der Waals surface area contributed by atoms with E-state index in [9.17, 15) is 4.79 Å². The van der Waals surface area contributed by atoms with Gasteiger partial charge in [-0.3, -0.25) is 4.79 Å². The largest absolute Gasteiger partial charge is 0.361 e. The molecule has 1 amide bonds. The molecule has 142 valence electrons. The molecule has 0 aliphatic rings. The number of nitrogens with one attached hydrogen (secondary N) is 3. The summed E-state index contributed by atoms with van der Waals surface area (Å²) in [5.74, 6) is 0.298. The van der Waals surface area contributed by atoms with E-state index >= 15 is 0 Å². The van der Waals surface area contributed by atoms with Gasteiger partial charge in [-0.25, -0.2) is 9.97 Å². The van der Waals surface area contributed by atoms with E-state index in [2.05, 4.69) is 36.6 Å². The Labute approximate surface area is 159 Å². The number of amides is 1. The smallest absolute Gasteiger partial charge is 0.270 e. The lowest BCUT2D eigenvalue weighted by molar-refractivity contribution is 0.0949. The van der Waals surface area contributed by atoms with Gasteiger partial charge >= 0.3 is 0 Å². The number of para-hydroxylation sites is 1. The van der Waals surface area contributed by atoms with Crippen molar-refractivity contribution in [3.63, 3.8) is 0 Å². The molecule has 0 saturated carbocycles. The second-order valence-corrected chi connectivity index (χ2v) is 6.71. The molecule has 7 heteroatoms. The molecule has 0 bridgehead atoms. The summed E-state index contributed by atoms with van der Waals surface area (Å²) in [5, 5.41) is 7.29. The Morgan fingerprint density at radius 3 is 2.89 bits per heavy atom. The number of fused-ring (bicyclic) bond motifs is 1. The van der Waals surface area contributed by atoms with E-state index in [-0.39, 0.29) is 5.91 Å². The highest BCUT2D eigenvalue weighted by molar-refractivity contribution is 5.92. The Morgan fingerprint density at radius 1 is 1.19 bits per heavy atom. The first kappa shape index (κ1) is 18.8. The highest BCUT2D eigenvalue weighted by Crippen LogP contribution is 2.17. The van der Waals surface area contributed by atoms with E-state index < -0.39 is 0 Å². The second-order valence-electron chi connectivity index (χ2n) is 6.71. The Bertz CT molecular complexity index is 889. The van der Waals surface area contributed by atoms with Gasteiger partial charge in [0.2, 0.25) is 5.95 Å². The molecule has 2 heterocycles. The average Bonchev–Trinajstić information content (AvgIpc) is 3.08. The van der Waals surface area contributed by atoms with Crippen molar-refractivity contribution in [3.8, 4) is 0 Å². The lowest BCUT2D eigenvalue weighted by Crippen LogP contribution is -2.27. The number of hydrogen-bond acceptors (Lipinski definition) is 5. The quantitative estimate of drug-likeness (QED) is 0.506. The molecule has 0 saturated heterocycles. The zero-order valence-electron chi connectivity index (χ0n) is 15.8. The van der Waals surface area contributed by atoms with Gasteiger partial charge in [-0.1, -0.05) is 18.2 Å². The molecule has 0 unspecified atom stereocenters. The van der Waals surface area contributed by atoms with Crippen molar-refractivity contribution >= 4 is 22.8 Å². The van der Waals surface area contributed by atoms with Crippen LogP contribution in [0.2, 0.25) is 0 Å². The van der Waals surface area contributed by atoms with Gasteiger partial charge in [0, 0.05) is 36.4 Å². The van der Waals surface area contributed by atoms with Crippen LogP contribution in [0.5, 0.6) is 0 Å². The molecule has 1 aromatic carbocycles. The monoisotopic (exact) mass is 366 g/mol. The summed E-state index contributed by atoms with van der Waals surface area (Å²) in [7, 11) is 4.08. The molecule has 0 aliphatic carbocycles. The molecule has 0 fully saturated rings. The molecule has 0 spiro atoms. The first-order valence-electron chi connectivity index (χ1n) is 9.18. The molecule has 3 rings (SSSR count). The summed E-state index contributed by atoms with van der Waals surface area (Å²) in [6.45, 7) is 2.31. The minimum absolute atomic E-state index is 0.186. The number of hydrogen-bond donors (Lipinski definition) is 3. The van der Waals surface area contributed by atoms with E-state index in [1.807, 2.05) is 38.5 Å². The molecule has 7 nitrogen and oxygen atoms in total. The molecule has 3 aromatic rings. The van der Waals surface area contributed by atoms with Gasteiger partial charge in [-0.05, 0) is 51.2 Å². The number of carbonyl (C=O) groups excluding carboxylic acids is 1. The van der Waals surface area contributed by atoms with Crippen molar-refractivity contribution < 1.29 is 4.79 Å². The fourth-order valence-corrected chi connectivity index (χ4v) is 2.91. The SMILES string of the molecule is CN(C)CCCNc1nccc(C(=O)NCCc2c[nH]c3ccccc23)n1. The van der Waals surface area contributed by atoms with Crippen LogP contribution in [0.1, 0.15) is 22.5 Å². The zero-order chi connectivity index (χ0) is 19.1. The van der Waals surface area contributed by atoms with E-state index in [1.54, 1.807) is 12.3 Å². The van der Waals surface area contributed by atoms with E-state index in [4.69, 9.17) is 0 Å². The van der Waals surface area contributed by atoms with Gasteiger partial charge in [-0.15, -0.1) is 0 Å². The van der Waals surface area contributed by atoms with Crippen LogP contribution in [0.4, 0.5) is 5.95 Å². The van der Waals surface area contributed by atoms with Crippen LogP contribution in [-0.2, 0) is 6.42 Å². The Hall–Kier alpha value is -2.93. The number of aromatic amines is 1. The topological polar surface area (TPSA) is 85.9 Å². The summed E-state index contributed by atoms with van der Waals surface area (Å²) < 4.78 is 0. The highest BCUT2D eigenvalue weighted by atomic mass is 16.1. The van der Waals surface area contributed by atoms with Gasteiger partial charge in [0.05, 0.1) is 0 Å². The third-order valence-electron chi connectivity index (χ3n) is 4.31. The number of H-pyrrole nitrogens is 1. The van der Waals surface area contributed by atoms with Crippen molar-refractivity contribution in [2.75, 3.05) is 39.0 Å². The maximum Gasteiger partial charge on any atom is 0.270 e. The predicted molar refractivity (Wildman–Crippen MR) is 108 cm³/mol. The van der Waals surface area contributed by atoms with E-state index in [0.29, 0.717) is 18.2 Å². The van der Waals surface area contributed by atoms with Crippen molar-refractivity contribution in [2.45, 2.75) is 12.8 Å². The summed E-state index contributed by atoms with van der Waals surface area (Å²) in [4.78, 5) is 26.2. The number of benzene rings is 1. The first-order chi connectivity index (χ1) is 13.1. The normalized spacial score (nSPS) is 11.1. The van der Waals surface area contributed by atoms with Crippen LogP contribution in [0.25, 0.3) is 10.9 Å². The Kier molecular flexibility index (Phi) is 6.38. The molecule has 0 radical (unpaired) electrons. The molecule has 0 aliphatic heterocycles. The standard InChI is InChI=1S/C20H26N6O/c1-26(2)13-5-10-22-20-23-12-9-18(25-20)19(27)21-11-8-15-14-24-17-7-4-3-6-16(15)17/h3-4,6-7,9,12,14,24H,5,8,10-11,13H2,1-2H3,(H,21,27)(H,22,23,25). The summed E-state index contributed by atoms with van der Waals surface area (Å²) in [6, 6.07) is 9.79. The van der Waals surface area contributed by atoms with Crippen molar-refractivity contribution in [2.24, 2.45) is 0 Å². The fourth-order valence-electron chi connectivity index (χ4n) is 2.91. The summed E-state index contributed by atoms with van der Waals surface area (Å²) in [5.41, 5.74) is 2.68. The van der Waals surface area contributed by atoms with Crippen LogP contribution < -0.4 is 10.6 Å². The average molecular weight is 366 g/mol. The van der Waals surface area contributed by atoms with Gasteiger partial charge in [-0.2, -0.15) is 0 Å². The first-order valence-corrected chi connectivity index (χ1v) is 9.18. The number of aromatic nitrogens is 3. The van der Waals surface area contributed by atoms with Gasteiger partial charge in [0.15, 0.2) is 0 Å². The molecule has 3 N–H and O–H groups in total. The molecular formula is C20H26N6O. The third-order valence-corrected chi connectivity index (χ3v) is 4.31. The van der Waals surface area contributed by atoms with Crippen LogP contribution in [0.15, 0.2) is 42.7 Å². The zero-order valence-corrected chi connectivity index (χ0v) is 15.8. The van der Waals surface area contributed by atoms with Crippen molar-refractivity contribution in [1.82, 2.24) is 25.2 Å².